The Labute approximate surface area is 188 Å². The molecule has 0 spiro atoms. The summed E-state index contributed by atoms with van der Waals surface area (Å²) in [7, 11) is 1.31. The summed E-state index contributed by atoms with van der Waals surface area (Å²) in [6.45, 7) is 0.765. The number of hydrogen-bond donors (Lipinski definition) is 1. The fraction of sp³-hybridized carbons (Fsp3) is 0.208. The van der Waals surface area contributed by atoms with Gasteiger partial charge in [-0.25, -0.2) is 13.8 Å². The molecule has 2 heterocycles. The van der Waals surface area contributed by atoms with Crippen molar-refractivity contribution in [2.75, 3.05) is 13.7 Å². The van der Waals surface area contributed by atoms with Gasteiger partial charge in [0.25, 0.3) is 11.7 Å². The molecule has 1 amide bonds. The van der Waals surface area contributed by atoms with Crippen molar-refractivity contribution >= 4 is 17.4 Å². The Morgan fingerprint density at radius 1 is 1.12 bits per heavy atom. The molecule has 1 aliphatic heterocycles. The molecule has 0 bridgehead atoms. The lowest BCUT2D eigenvalue weighted by molar-refractivity contribution is -0.139. The van der Waals surface area contributed by atoms with E-state index < -0.39 is 35.1 Å². The zero-order valence-corrected chi connectivity index (χ0v) is 17.7. The molecule has 33 heavy (non-hydrogen) atoms. The van der Waals surface area contributed by atoms with Gasteiger partial charge >= 0.3 is 0 Å². The van der Waals surface area contributed by atoms with Crippen molar-refractivity contribution < 1.29 is 28.2 Å². The number of aromatic nitrogens is 2. The van der Waals surface area contributed by atoms with Gasteiger partial charge in [-0.3, -0.25) is 9.59 Å². The van der Waals surface area contributed by atoms with Crippen molar-refractivity contribution in [3.63, 3.8) is 0 Å². The van der Waals surface area contributed by atoms with Crippen molar-refractivity contribution in [3.8, 4) is 5.75 Å². The van der Waals surface area contributed by atoms with E-state index in [2.05, 4.69) is 4.98 Å². The number of carbonyl (C=O) groups excluding carboxylic acids is 2. The number of imidazole rings is 1. The highest BCUT2D eigenvalue weighted by Gasteiger charge is 2.45. The van der Waals surface area contributed by atoms with Gasteiger partial charge in [-0.1, -0.05) is 12.1 Å². The highest BCUT2D eigenvalue weighted by atomic mass is 19.1. The monoisotopic (exact) mass is 453 g/mol. The van der Waals surface area contributed by atoms with E-state index >= 15 is 0 Å². The molecule has 1 aliphatic rings. The van der Waals surface area contributed by atoms with Gasteiger partial charge in [-0.15, -0.1) is 0 Å². The van der Waals surface area contributed by atoms with Gasteiger partial charge in [0.1, 0.15) is 11.6 Å². The van der Waals surface area contributed by atoms with E-state index in [0.717, 1.165) is 6.07 Å². The molecule has 0 aliphatic carbocycles. The molecular formula is C24H21F2N3O4. The number of methoxy groups -OCH3 is 1. The Kier molecular flexibility index (Phi) is 6.21. The van der Waals surface area contributed by atoms with Crippen LogP contribution in [-0.4, -0.2) is 44.9 Å². The number of aryl methyl sites for hydroxylation is 1. The number of benzene rings is 2. The van der Waals surface area contributed by atoms with E-state index in [-0.39, 0.29) is 23.4 Å². The fourth-order valence-corrected chi connectivity index (χ4v) is 3.91. The maximum Gasteiger partial charge on any atom is 0.295 e. The minimum atomic E-state index is -0.946. The summed E-state index contributed by atoms with van der Waals surface area (Å²) in [6, 6.07) is 8.14. The number of halogens is 2. The van der Waals surface area contributed by atoms with Gasteiger partial charge in [0.15, 0.2) is 11.6 Å². The zero-order valence-electron chi connectivity index (χ0n) is 17.7. The Morgan fingerprint density at radius 2 is 1.88 bits per heavy atom. The van der Waals surface area contributed by atoms with Crippen molar-refractivity contribution in [1.29, 1.82) is 0 Å². The molecule has 1 unspecified atom stereocenters. The summed E-state index contributed by atoms with van der Waals surface area (Å²) in [5.41, 5.74) is 0.296. The second kappa shape index (κ2) is 9.23. The molecule has 1 aromatic heterocycles. The third-order valence-corrected chi connectivity index (χ3v) is 5.53. The number of nitrogens with zero attached hydrogens (tertiary/aromatic N) is 3. The van der Waals surface area contributed by atoms with E-state index in [9.17, 15) is 23.5 Å². The van der Waals surface area contributed by atoms with Crippen LogP contribution in [0.5, 0.6) is 5.75 Å². The normalized spacial score (nSPS) is 17.5. The third kappa shape index (κ3) is 4.34. The predicted octanol–water partition coefficient (Wildman–Crippen LogP) is 3.68. The van der Waals surface area contributed by atoms with Crippen LogP contribution in [0.15, 0.2) is 66.8 Å². The molecule has 4 rings (SSSR count). The average molecular weight is 453 g/mol. The molecule has 1 N–H and O–H groups in total. The molecule has 0 radical (unpaired) electrons. The maximum absolute atomic E-state index is 14.2. The molecule has 1 fully saturated rings. The highest BCUT2D eigenvalue weighted by molar-refractivity contribution is 6.46. The molecule has 1 atom stereocenters. The van der Waals surface area contributed by atoms with Crippen LogP contribution in [-0.2, 0) is 16.1 Å². The van der Waals surface area contributed by atoms with Crippen LogP contribution >= 0.6 is 0 Å². The molecular weight excluding hydrogens is 432 g/mol. The van der Waals surface area contributed by atoms with Crippen LogP contribution in [0, 0.1) is 11.6 Å². The second-order valence-corrected chi connectivity index (χ2v) is 7.55. The quantitative estimate of drug-likeness (QED) is 0.335. The number of hydrogen-bond acceptors (Lipinski definition) is 5. The first-order chi connectivity index (χ1) is 15.9. The molecule has 2 aromatic carbocycles. The standard InChI is InChI=1S/C24H21F2N3O4/c1-33-19-8-5-16(13-18(19)26)22(30)20-21(15-3-6-17(25)7-4-15)29(24(32)23(20)31)11-2-10-28-12-9-27-14-28/h3-9,12-14,21,30H,2,10-11H2,1H3/b22-20+. The topological polar surface area (TPSA) is 84.7 Å². The number of ketones is 1. The van der Waals surface area contributed by atoms with Gasteiger partial charge < -0.3 is 19.3 Å². The fourth-order valence-electron chi connectivity index (χ4n) is 3.91. The Hall–Kier alpha value is -4.01. The number of amides is 1. The average Bonchev–Trinajstić information content (AvgIpc) is 3.41. The molecule has 9 heteroatoms. The lowest BCUT2D eigenvalue weighted by Gasteiger charge is -2.25. The molecule has 3 aromatic rings. The minimum absolute atomic E-state index is 0.0248. The van der Waals surface area contributed by atoms with Crippen molar-refractivity contribution in [2.45, 2.75) is 19.0 Å². The van der Waals surface area contributed by atoms with Crippen molar-refractivity contribution in [2.24, 2.45) is 0 Å². The number of aliphatic hydroxyl groups excluding tert-OH is 1. The minimum Gasteiger partial charge on any atom is -0.507 e. The smallest absolute Gasteiger partial charge is 0.295 e. The summed E-state index contributed by atoms with van der Waals surface area (Å²) in [5, 5.41) is 11.0. The van der Waals surface area contributed by atoms with Crippen molar-refractivity contribution in [3.05, 3.63) is 89.5 Å². The van der Waals surface area contributed by atoms with Crippen LogP contribution in [0.2, 0.25) is 0 Å². The largest absolute Gasteiger partial charge is 0.507 e. The number of ether oxygens (including phenoxy) is 1. The van der Waals surface area contributed by atoms with E-state index in [1.54, 1.807) is 18.7 Å². The van der Waals surface area contributed by atoms with Crippen LogP contribution in [0.25, 0.3) is 5.76 Å². The van der Waals surface area contributed by atoms with Gasteiger partial charge in [0.2, 0.25) is 0 Å². The van der Waals surface area contributed by atoms with Crippen LogP contribution in [0.3, 0.4) is 0 Å². The molecule has 170 valence electrons. The van der Waals surface area contributed by atoms with Crippen molar-refractivity contribution in [1.82, 2.24) is 14.5 Å². The lowest BCUT2D eigenvalue weighted by atomic mass is 9.95. The van der Waals surface area contributed by atoms with E-state index in [4.69, 9.17) is 4.74 Å². The van der Waals surface area contributed by atoms with Gasteiger partial charge in [-0.05, 0) is 42.3 Å². The van der Waals surface area contributed by atoms with Crippen LogP contribution < -0.4 is 4.74 Å². The molecule has 7 nitrogen and oxygen atoms in total. The number of Topliss-reactive ketones (excluding diaryl/α,β-unsaturated/α-hetero) is 1. The number of likely N-dealkylation sites (tertiary alicyclic amines) is 1. The Balaban J connectivity index is 1.74. The summed E-state index contributed by atoms with van der Waals surface area (Å²) in [6.07, 6.45) is 5.57. The van der Waals surface area contributed by atoms with Gasteiger partial charge in [-0.2, -0.15) is 0 Å². The summed E-state index contributed by atoms with van der Waals surface area (Å²) >= 11 is 0. The summed E-state index contributed by atoms with van der Waals surface area (Å²) < 4.78 is 34.5. The molecule has 1 saturated heterocycles. The number of aliphatic hydroxyl groups is 1. The lowest BCUT2D eigenvalue weighted by Crippen LogP contribution is -2.31. The highest BCUT2D eigenvalue weighted by Crippen LogP contribution is 2.40. The first-order valence-electron chi connectivity index (χ1n) is 10.2. The van der Waals surface area contributed by atoms with Gasteiger partial charge in [0, 0.05) is 31.0 Å². The summed E-state index contributed by atoms with van der Waals surface area (Å²) in [5.74, 6) is -3.42. The second-order valence-electron chi connectivity index (χ2n) is 7.55. The Bertz CT molecular complexity index is 1210. The Morgan fingerprint density at radius 3 is 2.52 bits per heavy atom. The first-order valence-corrected chi connectivity index (χ1v) is 10.2. The third-order valence-electron chi connectivity index (χ3n) is 5.53. The maximum atomic E-state index is 14.2. The van der Waals surface area contributed by atoms with E-state index in [1.165, 1.54) is 48.4 Å². The van der Waals surface area contributed by atoms with E-state index in [1.807, 2.05) is 4.57 Å². The summed E-state index contributed by atoms with van der Waals surface area (Å²) in [4.78, 5) is 31.2. The van der Waals surface area contributed by atoms with Crippen LogP contribution in [0.1, 0.15) is 23.6 Å². The van der Waals surface area contributed by atoms with Gasteiger partial charge in [0.05, 0.1) is 25.1 Å². The number of carbonyl (C=O) groups is 2. The van der Waals surface area contributed by atoms with E-state index in [0.29, 0.717) is 18.5 Å². The molecule has 0 saturated carbocycles. The number of rotatable bonds is 7. The van der Waals surface area contributed by atoms with Crippen LogP contribution in [0.4, 0.5) is 8.78 Å². The zero-order chi connectivity index (χ0) is 23.5. The SMILES string of the molecule is COc1ccc(/C(O)=C2\C(=O)C(=O)N(CCCn3ccnc3)C2c2ccc(F)cc2)cc1F. The predicted molar refractivity (Wildman–Crippen MR) is 115 cm³/mol. The first kappa shape index (κ1) is 22.2.